The Balaban J connectivity index is 2.58. The van der Waals surface area contributed by atoms with E-state index >= 15 is 0 Å². The fourth-order valence-electron chi connectivity index (χ4n) is 2.34. The van der Waals surface area contributed by atoms with Gasteiger partial charge >= 0.3 is 5.97 Å². The van der Waals surface area contributed by atoms with E-state index in [9.17, 15) is 21.6 Å². The molecule has 122 valence electrons. The Labute approximate surface area is 135 Å². The maximum atomic E-state index is 12.2. The second-order valence-electron chi connectivity index (χ2n) is 5.04. The quantitative estimate of drug-likeness (QED) is 0.812. The van der Waals surface area contributed by atoms with E-state index in [0.717, 1.165) is 0 Å². The van der Waals surface area contributed by atoms with Gasteiger partial charge < -0.3 is 5.11 Å². The van der Waals surface area contributed by atoms with Crippen LogP contribution in [0.25, 0.3) is 0 Å². The zero-order chi connectivity index (χ0) is 17.2. The molecule has 8 heteroatoms. The molecule has 0 saturated heterocycles. The molecule has 1 aliphatic carbocycles. The van der Waals surface area contributed by atoms with Crippen molar-refractivity contribution in [2.75, 3.05) is 5.75 Å². The van der Waals surface area contributed by atoms with Crippen LogP contribution < -0.4 is 0 Å². The summed E-state index contributed by atoms with van der Waals surface area (Å²) in [6.07, 6.45) is 6.34. The Morgan fingerprint density at radius 3 is 2.57 bits per heavy atom. The molecule has 0 aromatic heterocycles. The molecule has 1 aromatic carbocycles. The lowest BCUT2D eigenvalue weighted by molar-refractivity contribution is -0.134. The van der Waals surface area contributed by atoms with E-state index in [2.05, 4.69) is 0 Å². The minimum Gasteiger partial charge on any atom is -0.480 e. The van der Waals surface area contributed by atoms with Crippen molar-refractivity contribution >= 4 is 31.0 Å². The van der Waals surface area contributed by atoms with Crippen LogP contribution in [0.3, 0.4) is 0 Å². The molecule has 1 aromatic rings. The van der Waals surface area contributed by atoms with Crippen molar-refractivity contribution in [3.8, 4) is 0 Å². The molecule has 1 N–H and O–H groups in total. The average Bonchev–Trinajstić information content (AvgIpc) is 2.46. The predicted molar refractivity (Wildman–Crippen MR) is 85.8 cm³/mol. The van der Waals surface area contributed by atoms with Gasteiger partial charge in [-0.25, -0.2) is 8.42 Å². The molecule has 2 rings (SSSR count). The van der Waals surface area contributed by atoms with E-state index in [1.807, 2.05) is 0 Å². The van der Waals surface area contributed by atoms with E-state index < -0.39 is 37.8 Å². The highest BCUT2D eigenvalue weighted by Crippen LogP contribution is 2.27. The number of aryl methyl sites for hydroxylation is 1. The summed E-state index contributed by atoms with van der Waals surface area (Å²) < 4.78 is 47.0. The molecule has 0 saturated carbocycles. The Morgan fingerprint density at radius 1 is 1.26 bits per heavy atom. The number of allylic oxidation sites excluding steroid dienone is 4. The molecule has 1 unspecified atom stereocenters. The number of carbonyl (C=O) groups is 1. The summed E-state index contributed by atoms with van der Waals surface area (Å²) in [4.78, 5) is 10.8. The van der Waals surface area contributed by atoms with Gasteiger partial charge in [-0.1, -0.05) is 30.4 Å². The summed E-state index contributed by atoms with van der Waals surface area (Å²) >= 11 is 0. The monoisotopic (exact) mass is 354 g/mol. The summed E-state index contributed by atoms with van der Waals surface area (Å²) in [6, 6.07) is 4.52. The summed E-state index contributed by atoms with van der Waals surface area (Å²) in [5.41, 5.74) is 0.884. The van der Waals surface area contributed by atoms with Crippen molar-refractivity contribution in [2.24, 2.45) is 0 Å². The molecular formula is C15H14O6S2. The zero-order valence-corrected chi connectivity index (χ0v) is 13.8. The maximum absolute atomic E-state index is 12.2. The molecule has 0 bridgehead atoms. The first-order valence-corrected chi connectivity index (χ1v) is 9.31. The molecule has 1 atom stereocenters. The minimum atomic E-state index is -3.99. The van der Waals surface area contributed by atoms with Crippen molar-refractivity contribution < 1.29 is 26.7 Å². The van der Waals surface area contributed by atoms with Gasteiger partial charge in [-0.05, 0) is 30.2 Å². The van der Waals surface area contributed by atoms with Gasteiger partial charge in [0.1, 0.15) is 0 Å². The SMILES string of the molecule is Cc1ccc(C2C=CC=CC2=S(=O)=O)cc1S(=O)(=O)CC(=O)O. The van der Waals surface area contributed by atoms with Crippen LogP contribution in [0.15, 0.2) is 47.4 Å². The van der Waals surface area contributed by atoms with E-state index in [4.69, 9.17) is 5.11 Å². The highest BCUT2D eigenvalue weighted by Gasteiger charge is 2.24. The van der Waals surface area contributed by atoms with Gasteiger partial charge in [-0.3, -0.25) is 4.79 Å². The molecule has 0 radical (unpaired) electrons. The second-order valence-corrected chi connectivity index (χ2v) is 7.94. The van der Waals surface area contributed by atoms with Crippen molar-refractivity contribution in [3.05, 3.63) is 53.6 Å². The normalized spacial score (nSPS) is 17.3. The number of rotatable bonds is 4. The number of sulfone groups is 1. The van der Waals surface area contributed by atoms with Gasteiger partial charge in [-0.15, -0.1) is 0 Å². The highest BCUT2D eigenvalue weighted by molar-refractivity contribution is 7.92. The van der Waals surface area contributed by atoms with Gasteiger partial charge in [0.2, 0.25) is 10.3 Å². The average molecular weight is 354 g/mol. The van der Waals surface area contributed by atoms with Gasteiger partial charge in [0.05, 0.1) is 9.76 Å². The van der Waals surface area contributed by atoms with E-state index in [0.29, 0.717) is 11.1 Å². The number of aliphatic carboxylic acids is 1. The predicted octanol–water partition coefficient (Wildman–Crippen LogP) is 1.11. The molecule has 0 amide bonds. The number of hydrogen-bond donors (Lipinski definition) is 1. The first-order valence-electron chi connectivity index (χ1n) is 6.58. The third kappa shape index (κ3) is 3.77. The van der Waals surface area contributed by atoms with Gasteiger partial charge in [0.15, 0.2) is 15.6 Å². The molecule has 1 aliphatic rings. The van der Waals surface area contributed by atoms with Crippen LogP contribution in [0.1, 0.15) is 17.0 Å². The summed E-state index contributed by atoms with van der Waals surface area (Å²) in [5, 5.41) is 8.75. The maximum Gasteiger partial charge on any atom is 0.319 e. The summed E-state index contributed by atoms with van der Waals surface area (Å²) in [5.74, 6) is -3.05. The smallest absolute Gasteiger partial charge is 0.319 e. The van der Waals surface area contributed by atoms with Crippen molar-refractivity contribution in [1.29, 1.82) is 0 Å². The van der Waals surface area contributed by atoms with Crippen LogP contribution in [-0.2, 0) is 24.9 Å². The lowest BCUT2D eigenvalue weighted by Crippen LogP contribution is -2.17. The molecule has 0 aliphatic heterocycles. The van der Waals surface area contributed by atoms with Crippen LogP contribution in [0.5, 0.6) is 0 Å². The van der Waals surface area contributed by atoms with Gasteiger partial charge in [0.25, 0.3) is 0 Å². The largest absolute Gasteiger partial charge is 0.480 e. The van der Waals surface area contributed by atoms with Crippen molar-refractivity contribution in [3.63, 3.8) is 0 Å². The fourth-order valence-corrected chi connectivity index (χ4v) is 4.31. The van der Waals surface area contributed by atoms with Crippen LogP contribution in [0.4, 0.5) is 0 Å². The Bertz CT molecular complexity index is 942. The van der Waals surface area contributed by atoms with E-state index in [1.54, 1.807) is 37.3 Å². The third-order valence-electron chi connectivity index (χ3n) is 3.39. The number of hydrogen-bond acceptors (Lipinski definition) is 5. The van der Waals surface area contributed by atoms with E-state index in [1.165, 1.54) is 12.1 Å². The Morgan fingerprint density at radius 2 is 1.96 bits per heavy atom. The van der Waals surface area contributed by atoms with Gasteiger partial charge in [0, 0.05) is 5.92 Å². The zero-order valence-electron chi connectivity index (χ0n) is 12.1. The number of carboxylic acids is 1. The molecule has 6 nitrogen and oxygen atoms in total. The van der Waals surface area contributed by atoms with Crippen LogP contribution >= 0.6 is 0 Å². The third-order valence-corrected chi connectivity index (χ3v) is 5.91. The Hall–Kier alpha value is -2.19. The fraction of sp³-hybridized carbons (Fsp3) is 0.200. The first kappa shape index (κ1) is 17.2. The second kappa shape index (κ2) is 6.51. The molecule has 0 spiro atoms. The van der Waals surface area contributed by atoms with E-state index in [-0.39, 0.29) is 9.76 Å². The van der Waals surface area contributed by atoms with Crippen LogP contribution in [-0.4, -0.2) is 38.5 Å². The standard InChI is InChI=1S/C15H14O6S2/c1-10-6-7-11(8-14(10)23(20,21)9-15(16)17)12-4-2-3-5-13(12)22(18)19/h2-8,12H,9H2,1H3,(H,16,17). The highest BCUT2D eigenvalue weighted by atomic mass is 32.2. The van der Waals surface area contributed by atoms with Gasteiger partial charge in [-0.2, -0.15) is 8.42 Å². The Kier molecular flexibility index (Phi) is 4.86. The van der Waals surface area contributed by atoms with Crippen molar-refractivity contribution in [1.82, 2.24) is 0 Å². The first-order chi connectivity index (χ1) is 10.7. The van der Waals surface area contributed by atoms with Crippen LogP contribution in [0, 0.1) is 6.92 Å². The number of carboxylic acid groups (broad SMARTS) is 1. The summed E-state index contributed by atoms with van der Waals surface area (Å²) in [6.45, 7) is 1.56. The molecule has 0 heterocycles. The molecule has 23 heavy (non-hydrogen) atoms. The topological polar surface area (TPSA) is 106 Å². The lowest BCUT2D eigenvalue weighted by Gasteiger charge is -2.16. The minimum absolute atomic E-state index is 0.101. The van der Waals surface area contributed by atoms with Crippen molar-refractivity contribution in [2.45, 2.75) is 17.7 Å². The summed E-state index contributed by atoms with van der Waals surface area (Å²) in [7, 11) is -6.43. The molecule has 0 fully saturated rings. The number of benzene rings is 1. The molecular weight excluding hydrogens is 340 g/mol. The lowest BCUT2D eigenvalue weighted by atomic mass is 9.92. The van der Waals surface area contributed by atoms with Crippen LogP contribution in [0.2, 0.25) is 0 Å².